The Morgan fingerprint density at radius 1 is 1.18 bits per heavy atom. The van der Waals surface area contributed by atoms with Gasteiger partial charge in [0.2, 0.25) is 18.4 Å². The van der Waals surface area contributed by atoms with Gasteiger partial charge in [0, 0.05) is 43.5 Å². The first kappa shape index (κ1) is 28.6. The van der Waals surface area contributed by atoms with Gasteiger partial charge < -0.3 is 24.2 Å². The van der Waals surface area contributed by atoms with E-state index in [9.17, 15) is 14.7 Å². The van der Waals surface area contributed by atoms with Crippen molar-refractivity contribution in [2.75, 3.05) is 40.1 Å². The molecule has 1 aromatic heterocycles. The lowest BCUT2D eigenvalue weighted by atomic mass is 9.83. The molecule has 4 rings (SSSR count). The number of amides is 1. The summed E-state index contributed by atoms with van der Waals surface area (Å²) in [5.74, 6) is -0.309. The van der Waals surface area contributed by atoms with Gasteiger partial charge in [-0.25, -0.2) is 9.97 Å². The number of ether oxygens (including phenoxy) is 3. The summed E-state index contributed by atoms with van der Waals surface area (Å²) in [4.78, 5) is 38.7. The monoisotopic (exact) mass is 540 g/mol. The van der Waals surface area contributed by atoms with Gasteiger partial charge in [0.25, 0.3) is 0 Å². The number of unbranched alkanes of at least 4 members (excludes halogenated alkanes) is 2. The standard InChI is InChI=1S/C29H40N4O6/c1-4-6-12-32(13-7-5-2)26(34)17-33-16-22(20-14-24(37-3)28-25(15-20)38-19-39-28)27(29(35)36)23(33)9-8-21-10-11-30-18-31-21/h10-11,14-15,18,22-23,27H,4-9,12-13,16-17,19H2,1-3H3,(H,35,36)/t22-,23+,27?/m1/s1. The van der Waals surface area contributed by atoms with E-state index in [0.29, 0.717) is 36.6 Å². The number of hydrogen-bond acceptors (Lipinski definition) is 8. The molecule has 1 fully saturated rings. The van der Waals surface area contributed by atoms with Gasteiger partial charge in [0.05, 0.1) is 19.6 Å². The number of methoxy groups -OCH3 is 1. The van der Waals surface area contributed by atoms with Crippen molar-refractivity contribution >= 4 is 11.9 Å². The summed E-state index contributed by atoms with van der Waals surface area (Å²) in [5, 5.41) is 10.5. The van der Waals surface area contributed by atoms with E-state index in [0.717, 1.165) is 50.0 Å². The average molecular weight is 541 g/mol. The topological polar surface area (TPSA) is 114 Å². The molecule has 1 unspecified atom stereocenters. The number of hydrogen-bond donors (Lipinski definition) is 1. The molecule has 212 valence electrons. The number of carbonyl (C=O) groups is 2. The number of benzene rings is 1. The third kappa shape index (κ3) is 6.79. The Labute approximate surface area is 230 Å². The number of carbonyl (C=O) groups excluding carboxylic acids is 1. The summed E-state index contributed by atoms with van der Waals surface area (Å²) in [6.07, 6.45) is 8.26. The van der Waals surface area contributed by atoms with Crippen LogP contribution >= 0.6 is 0 Å². The molecule has 0 spiro atoms. The van der Waals surface area contributed by atoms with Crippen molar-refractivity contribution in [1.29, 1.82) is 0 Å². The molecule has 3 atom stereocenters. The summed E-state index contributed by atoms with van der Waals surface area (Å²) in [5.41, 5.74) is 1.65. The maximum atomic E-state index is 13.6. The average Bonchev–Trinajstić information content (AvgIpc) is 3.56. The zero-order valence-corrected chi connectivity index (χ0v) is 23.2. The Morgan fingerprint density at radius 3 is 2.59 bits per heavy atom. The highest BCUT2D eigenvalue weighted by Crippen LogP contribution is 2.47. The lowest BCUT2D eigenvalue weighted by Crippen LogP contribution is -2.44. The summed E-state index contributed by atoms with van der Waals surface area (Å²) in [7, 11) is 1.56. The number of aliphatic carboxylic acids is 1. The van der Waals surface area contributed by atoms with Crippen LogP contribution in [-0.4, -0.2) is 82.9 Å². The van der Waals surface area contributed by atoms with Crippen LogP contribution in [-0.2, 0) is 16.0 Å². The molecular weight excluding hydrogens is 500 g/mol. The number of aryl methyl sites for hydroxylation is 1. The molecule has 1 N–H and O–H groups in total. The molecule has 1 saturated heterocycles. The van der Waals surface area contributed by atoms with E-state index in [1.807, 2.05) is 23.1 Å². The Hall–Kier alpha value is -3.40. The van der Waals surface area contributed by atoms with E-state index < -0.39 is 11.9 Å². The van der Waals surface area contributed by atoms with Crippen LogP contribution in [0.5, 0.6) is 17.2 Å². The number of aromatic nitrogens is 2. The highest BCUT2D eigenvalue weighted by Gasteiger charge is 2.47. The zero-order chi connectivity index (χ0) is 27.8. The molecule has 2 aromatic rings. The van der Waals surface area contributed by atoms with Crippen LogP contribution in [0, 0.1) is 5.92 Å². The van der Waals surface area contributed by atoms with E-state index in [4.69, 9.17) is 14.2 Å². The van der Waals surface area contributed by atoms with Crippen LogP contribution in [0.25, 0.3) is 0 Å². The van der Waals surface area contributed by atoms with Crippen LogP contribution in [0.1, 0.15) is 63.1 Å². The summed E-state index contributed by atoms with van der Waals surface area (Å²) >= 11 is 0. The molecule has 2 aliphatic rings. The normalized spacial score (nSPS) is 20.2. The Morgan fingerprint density at radius 2 is 1.95 bits per heavy atom. The van der Waals surface area contributed by atoms with Crippen molar-refractivity contribution in [3.8, 4) is 17.2 Å². The van der Waals surface area contributed by atoms with Gasteiger partial charge in [-0.2, -0.15) is 0 Å². The smallest absolute Gasteiger partial charge is 0.308 e. The Bertz CT molecular complexity index is 1110. The molecule has 1 aromatic carbocycles. The highest BCUT2D eigenvalue weighted by atomic mass is 16.7. The summed E-state index contributed by atoms with van der Waals surface area (Å²) < 4.78 is 16.7. The SMILES string of the molecule is CCCCN(CCCC)C(=O)CN1C[C@H](c2cc(OC)c3c(c2)OCO3)C(C(=O)O)[C@@H]1CCc1ccncn1. The second-order valence-electron chi connectivity index (χ2n) is 10.3. The molecule has 0 bridgehead atoms. The van der Waals surface area contributed by atoms with Crippen molar-refractivity contribution in [1.82, 2.24) is 19.8 Å². The van der Waals surface area contributed by atoms with E-state index in [2.05, 4.69) is 28.7 Å². The number of likely N-dealkylation sites (tertiary alicyclic amines) is 1. The van der Waals surface area contributed by atoms with Gasteiger partial charge in [-0.1, -0.05) is 26.7 Å². The van der Waals surface area contributed by atoms with Crippen molar-refractivity contribution < 1.29 is 28.9 Å². The maximum absolute atomic E-state index is 13.6. The minimum Gasteiger partial charge on any atom is -0.493 e. The molecular formula is C29H40N4O6. The van der Waals surface area contributed by atoms with Crippen LogP contribution in [0.3, 0.4) is 0 Å². The first-order valence-corrected chi connectivity index (χ1v) is 13.9. The fourth-order valence-corrected chi connectivity index (χ4v) is 5.65. The number of nitrogens with zero attached hydrogens (tertiary/aromatic N) is 4. The molecule has 2 aliphatic heterocycles. The van der Waals surface area contributed by atoms with Crippen molar-refractivity contribution in [3.63, 3.8) is 0 Å². The first-order valence-electron chi connectivity index (χ1n) is 13.9. The largest absolute Gasteiger partial charge is 0.493 e. The molecule has 3 heterocycles. The fraction of sp³-hybridized carbons (Fsp3) is 0.586. The fourth-order valence-electron chi connectivity index (χ4n) is 5.65. The van der Waals surface area contributed by atoms with Crippen LogP contribution < -0.4 is 14.2 Å². The van der Waals surface area contributed by atoms with Crippen molar-refractivity contribution in [3.05, 3.63) is 42.0 Å². The van der Waals surface area contributed by atoms with E-state index in [1.54, 1.807) is 13.3 Å². The third-order valence-corrected chi connectivity index (χ3v) is 7.74. The van der Waals surface area contributed by atoms with Gasteiger partial charge in [-0.15, -0.1) is 0 Å². The van der Waals surface area contributed by atoms with Gasteiger partial charge in [0.15, 0.2) is 11.5 Å². The predicted molar refractivity (Wildman–Crippen MR) is 145 cm³/mol. The number of rotatable bonds is 14. The highest BCUT2D eigenvalue weighted by molar-refractivity contribution is 5.79. The van der Waals surface area contributed by atoms with Gasteiger partial charge >= 0.3 is 5.97 Å². The molecule has 0 aliphatic carbocycles. The van der Waals surface area contributed by atoms with Gasteiger partial charge in [0.1, 0.15) is 6.33 Å². The Kier molecular flexibility index (Phi) is 9.97. The summed E-state index contributed by atoms with van der Waals surface area (Å²) in [6, 6.07) is 5.20. The number of fused-ring (bicyclic) bond motifs is 1. The second-order valence-corrected chi connectivity index (χ2v) is 10.3. The van der Waals surface area contributed by atoms with E-state index in [1.165, 1.54) is 6.33 Å². The second kappa shape index (κ2) is 13.6. The minimum absolute atomic E-state index is 0.0528. The van der Waals surface area contributed by atoms with Crippen LogP contribution in [0.15, 0.2) is 30.7 Å². The minimum atomic E-state index is -0.881. The molecule has 39 heavy (non-hydrogen) atoms. The van der Waals surface area contributed by atoms with Crippen molar-refractivity contribution in [2.24, 2.45) is 5.92 Å². The van der Waals surface area contributed by atoms with E-state index >= 15 is 0 Å². The number of carboxylic acids is 1. The predicted octanol–water partition coefficient (Wildman–Crippen LogP) is 3.74. The summed E-state index contributed by atoms with van der Waals surface area (Å²) in [6.45, 7) is 6.40. The molecule has 1 amide bonds. The molecule has 10 heteroatoms. The molecule has 0 saturated carbocycles. The van der Waals surface area contributed by atoms with Gasteiger partial charge in [-0.3, -0.25) is 14.5 Å². The first-order chi connectivity index (χ1) is 19.0. The third-order valence-electron chi connectivity index (χ3n) is 7.74. The maximum Gasteiger partial charge on any atom is 0.308 e. The molecule has 0 radical (unpaired) electrons. The zero-order valence-electron chi connectivity index (χ0n) is 23.2. The number of carboxylic acid groups (broad SMARTS) is 1. The van der Waals surface area contributed by atoms with Crippen LogP contribution in [0.4, 0.5) is 0 Å². The molecule has 10 nitrogen and oxygen atoms in total. The van der Waals surface area contributed by atoms with Gasteiger partial charge in [-0.05, 0) is 49.4 Å². The van der Waals surface area contributed by atoms with Crippen LogP contribution in [0.2, 0.25) is 0 Å². The Balaban J connectivity index is 1.63. The lowest BCUT2D eigenvalue weighted by molar-refractivity contribution is -0.143. The van der Waals surface area contributed by atoms with E-state index in [-0.39, 0.29) is 31.2 Å². The van der Waals surface area contributed by atoms with Crippen molar-refractivity contribution in [2.45, 2.75) is 64.3 Å². The lowest BCUT2D eigenvalue weighted by Gasteiger charge is -2.29. The quantitative estimate of drug-likeness (QED) is 0.383.